The molecule has 0 fully saturated rings. The van der Waals surface area contributed by atoms with E-state index in [-0.39, 0.29) is 5.78 Å². The van der Waals surface area contributed by atoms with E-state index in [1.165, 1.54) is 0 Å². The maximum Gasteiger partial charge on any atom is 0.159 e. The molecule has 1 aromatic rings. The van der Waals surface area contributed by atoms with E-state index in [4.69, 9.17) is 0 Å². The van der Waals surface area contributed by atoms with Crippen LogP contribution in [-0.4, -0.2) is 23.9 Å². The van der Waals surface area contributed by atoms with Gasteiger partial charge in [-0.05, 0) is 32.4 Å². The molecular weight excluding hydrogens is 188 g/mol. The lowest BCUT2D eigenvalue weighted by Gasteiger charge is -2.21. The van der Waals surface area contributed by atoms with Gasteiger partial charge in [-0.25, -0.2) is 4.98 Å². The second kappa shape index (κ2) is 5.49. The molecule has 82 valence electrons. The Labute approximate surface area is 91.1 Å². The molecule has 0 unspecified atom stereocenters. The van der Waals surface area contributed by atoms with Crippen LogP contribution in [0.5, 0.6) is 0 Å². The fourth-order valence-electron chi connectivity index (χ4n) is 1.51. The quantitative estimate of drug-likeness (QED) is 0.694. The third-order valence-electron chi connectivity index (χ3n) is 2.35. The number of ketones is 1. The summed E-state index contributed by atoms with van der Waals surface area (Å²) in [6.45, 7) is 7.71. The van der Waals surface area contributed by atoms with E-state index in [1.54, 1.807) is 19.2 Å². The zero-order valence-electron chi connectivity index (χ0n) is 9.66. The number of aromatic nitrogens is 1. The molecule has 3 heteroatoms. The minimum absolute atomic E-state index is 0.0891. The molecule has 0 N–H and O–H groups in total. The van der Waals surface area contributed by atoms with Crippen molar-refractivity contribution in [1.29, 1.82) is 0 Å². The molecule has 0 saturated carbocycles. The number of hydrogen-bond donors (Lipinski definition) is 0. The van der Waals surface area contributed by atoms with Crippen LogP contribution in [0.2, 0.25) is 0 Å². The van der Waals surface area contributed by atoms with Crippen LogP contribution in [0.3, 0.4) is 0 Å². The Hall–Kier alpha value is -1.38. The van der Waals surface area contributed by atoms with Crippen LogP contribution in [0.25, 0.3) is 0 Å². The summed E-state index contributed by atoms with van der Waals surface area (Å²) in [5.41, 5.74) is 0.731. The van der Waals surface area contributed by atoms with Gasteiger partial charge in [-0.3, -0.25) is 4.79 Å². The van der Waals surface area contributed by atoms with Crippen molar-refractivity contribution < 1.29 is 4.79 Å². The maximum atomic E-state index is 11.2. The molecule has 1 rings (SSSR count). The highest BCUT2D eigenvalue weighted by Crippen LogP contribution is 2.13. The minimum Gasteiger partial charge on any atom is -0.357 e. The van der Waals surface area contributed by atoms with Gasteiger partial charge in [0.05, 0.1) is 0 Å². The van der Waals surface area contributed by atoms with Crippen molar-refractivity contribution in [3.8, 4) is 0 Å². The first-order chi connectivity index (χ1) is 7.19. The van der Waals surface area contributed by atoms with Crippen LogP contribution in [0.15, 0.2) is 18.3 Å². The average molecular weight is 206 g/mol. The average Bonchev–Trinajstić information content (AvgIpc) is 2.26. The maximum absolute atomic E-state index is 11.2. The first-order valence-electron chi connectivity index (χ1n) is 5.41. The number of nitrogens with zero attached hydrogens (tertiary/aromatic N) is 2. The monoisotopic (exact) mass is 206 g/mol. The number of carbonyl (C=O) groups is 1. The number of rotatable bonds is 5. The van der Waals surface area contributed by atoms with Gasteiger partial charge < -0.3 is 4.90 Å². The van der Waals surface area contributed by atoms with E-state index >= 15 is 0 Å². The second-order valence-corrected chi connectivity index (χ2v) is 3.54. The highest BCUT2D eigenvalue weighted by atomic mass is 16.1. The molecule has 0 aromatic carbocycles. The fraction of sp³-hybridized carbons (Fsp3) is 0.500. The lowest BCUT2D eigenvalue weighted by Crippen LogP contribution is -2.24. The van der Waals surface area contributed by atoms with Crippen LogP contribution >= 0.6 is 0 Å². The van der Waals surface area contributed by atoms with Crippen LogP contribution in [-0.2, 0) is 0 Å². The first kappa shape index (κ1) is 11.7. The van der Waals surface area contributed by atoms with E-state index in [1.807, 2.05) is 6.07 Å². The molecule has 0 saturated heterocycles. The third kappa shape index (κ3) is 3.05. The Morgan fingerprint density at radius 3 is 2.73 bits per heavy atom. The SMILES string of the molecule is CCCN(CC)c1cc(C(C)=O)ccn1. The number of pyridine rings is 1. The number of hydrogen-bond acceptors (Lipinski definition) is 3. The topological polar surface area (TPSA) is 33.2 Å². The summed E-state index contributed by atoms with van der Waals surface area (Å²) < 4.78 is 0. The zero-order valence-corrected chi connectivity index (χ0v) is 9.66. The Morgan fingerprint density at radius 2 is 2.20 bits per heavy atom. The fourth-order valence-corrected chi connectivity index (χ4v) is 1.51. The number of carbonyl (C=O) groups excluding carboxylic acids is 1. The molecule has 0 aliphatic heterocycles. The Kier molecular flexibility index (Phi) is 4.28. The van der Waals surface area contributed by atoms with Crippen LogP contribution in [0.4, 0.5) is 5.82 Å². The second-order valence-electron chi connectivity index (χ2n) is 3.54. The van der Waals surface area contributed by atoms with Crippen molar-refractivity contribution in [3.05, 3.63) is 23.9 Å². The predicted octanol–water partition coefficient (Wildman–Crippen LogP) is 2.52. The molecule has 0 aliphatic rings. The number of anilines is 1. The first-order valence-corrected chi connectivity index (χ1v) is 5.41. The molecule has 0 atom stereocenters. The van der Waals surface area contributed by atoms with Crippen molar-refractivity contribution in [2.75, 3.05) is 18.0 Å². The Morgan fingerprint density at radius 1 is 1.47 bits per heavy atom. The van der Waals surface area contributed by atoms with Gasteiger partial charge in [0.15, 0.2) is 5.78 Å². The van der Waals surface area contributed by atoms with Gasteiger partial charge in [-0.1, -0.05) is 6.92 Å². The summed E-state index contributed by atoms with van der Waals surface area (Å²) >= 11 is 0. The summed E-state index contributed by atoms with van der Waals surface area (Å²) in [4.78, 5) is 17.7. The summed E-state index contributed by atoms with van der Waals surface area (Å²) in [6, 6.07) is 3.62. The molecule has 0 amide bonds. The van der Waals surface area contributed by atoms with Crippen molar-refractivity contribution in [3.63, 3.8) is 0 Å². The Bertz CT molecular complexity index is 336. The third-order valence-corrected chi connectivity index (χ3v) is 2.35. The largest absolute Gasteiger partial charge is 0.357 e. The lowest BCUT2D eigenvalue weighted by atomic mass is 10.2. The summed E-state index contributed by atoms with van der Waals surface area (Å²) in [6.07, 6.45) is 2.78. The van der Waals surface area contributed by atoms with Gasteiger partial charge in [-0.15, -0.1) is 0 Å². The molecule has 0 bridgehead atoms. The van der Waals surface area contributed by atoms with Gasteiger partial charge in [0.1, 0.15) is 5.82 Å². The molecule has 0 spiro atoms. The van der Waals surface area contributed by atoms with Crippen LogP contribution in [0, 0.1) is 0 Å². The predicted molar refractivity (Wildman–Crippen MR) is 62.4 cm³/mol. The zero-order chi connectivity index (χ0) is 11.3. The van der Waals surface area contributed by atoms with Crippen molar-refractivity contribution in [1.82, 2.24) is 4.98 Å². The molecule has 0 aliphatic carbocycles. The van der Waals surface area contributed by atoms with Crippen molar-refractivity contribution in [2.24, 2.45) is 0 Å². The van der Waals surface area contributed by atoms with E-state index < -0.39 is 0 Å². The normalized spacial score (nSPS) is 10.1. The molecule has 1 heterocycles. The number of Topliss-reactive ketones (excluding diaryl/α,β-unsaturated/α-hetero) is 1. The lowest BCUT2D eigenvalue weighted by molar-refractivity contribution is 0.101. The summed E-state index contributed by atoms with van der Waals surface area (Å²) in [7, 11) is 0. The molecule has 0 radical (unpaired) electrons. The van der Waals surface area contributed by atoms with Gasteiger partial charge in [0.25, 0.3) is 0 Å². The highest BCUT2D eigenvalue weighted by Gasteiger charge is 2.06. The molecule has 3 nitrogen and oxygen atoms in total. The summed E-state index contributed by atoms with van der Waals surface area (Å²) in [5.74, 6) is 0.984. The highest BCUT2D eigenvalue weighted by molar-refractivity contribution is 5.94. The molecule has 1 aromatic heterocycles. The Balaban J connectivity index is 2.92. The van der Waals surface area contributed by atoms with Crippen LogP contribution < -0.4 is 4.90 Å². The van der Waals surface area contributed by atoms with Crippen molar-refractivity contribution in [2.45, 2.75) is 27.2 Å². The molecular formula is C12H18N2O. The summed E-state index contributed by atoms with van der Waals surface area (Å²) in [5, 5.41) is 0. The van der Waals surface area contributed by atoms with E-state index in [0.717, 1.165) is 30.9 Å². The van der Waals surface area contributed by atoms with E-state index in [2.05, 4.69) is 23.7 Å². The van der Waals surface area contributed by atoms with E-state index in [0.29, 0.717) is 0 Å². The smallest absolute Gasteiger partial charge is 0.159 e. The van der Waals surface area contributed by atoms with Gasteiger partial charge in [0.2, 0.25) is 0 Å². The standard InChI is InChI=1S/C12H18N2O/c1-4-8-14(5-2)12-9-11(10(3)15)6-7-13-12/h6-7,9H,4-5,8H2,1-3H3. The van der Waals surface area contributed by atoms with Gasteiger partial charge in [0, 0.05) is 24.8 Å². The van der Waals surface area contributed by atoms with Crippen molar-refractivity contribution >= 4 is 11.6 Å². The van der Waals surface area contributed by atoms with E-state index in [9.17, 15) is 4.79 Å². The van der Waals surface area contributed by atoms with Gasteiger partial charge in [-0.2, -0.15) is 0 Å². The minimum atomic E-state index is 0.0891. The van der Waals surface area contributed by atoms with Crippen LogP contribution in [0.1, 0.15) is 37.6 Å². The molecule has 15 heavy (non-hydrogen) atoms. The van der Waals surface area contributed by atoms with Gasteiger partial charge >= 0.3 is 0 Å².